The van der Waals surface area contributed by atoms with Crippen molar-refractivity contribution in [2.24, 2.45) is 0 Å². The molecule has 33 heavy (non-hydrogen) atoms. The number of benzene rings is 2. The van der Waals surface area contributed by atoms with Gasteiger partial charge in [-0.25, -0.2) is 0 Å². The van der Waals surface area contributed by atoms with Gasteiger partial charge in [-0.2, -0.15) is 0 Å². The normalized spacial score (nSPS) is 17.5. The van der Waals surface area contributed by atoms with Gasteiger partial charge in [-0.15, -0.1) is 0 Å². The summed E-state index contributed by atoms with van der Waals surface area (Å²) in [6, 6.07) is 9.31. The summed E-state index contributed by atoms with van der Waals surface area (Å²) in [5.74, 6) is -1.29. The highest BCUT2D eigenvalue weighted by Crippen LogP contribution is 2.41. The van der Waals surface area contributed by atoms with E-state index in [9.17, 15) is 24.8 Å². The molecule has 1 heterocycles. The Hall–Kier alpha value is -3.92. The van der Waals surface area contributed by atoms with E-state index in [1.165, 1.54) is 49.5 Å². The Morgan fingerprint density at radius 1 is 1.12 bits per heavy atom. The zero-order valence-corrected chi connectivity index (χ0v) is 18.8. The second-order valence-electron chi connectivity index (χ2n) is 7.72. The second-order valence-corrected chi connectivity index (χ2v) is 7.72. The maximum Gasteiger partial charge on any atom is 0.295 e. The predicted octanol–water partition coefficient (Wildman–Crippen LogP) is 2.60. The lowest BCUT2D eigenvalue weighted by Gasteiger charge is -2.26. The largest absolute Gasteiger partial charge is 0.507 e. The van der Waals surface area contributed by atoms with Gasteiger partial charge in [0.1, 0.15) is 5.76 Å². The van der Waals surface area contributed by atoms with E-state index in [1.54, 1.807) is 12.1 Å². The van der Waals surface area contributed by atoms with Crippen LogP contribution in [0.1, 0.15) is 17.2 Å². The number of ketones is 1. The number of likely N-dealkylation sites (N-methyl/N-ethyl adjacent to an activating group) is 1. The van der Waals surface area contributed by atoms with Crippen LogP contribution in [0.2, 0.25) is 0 Å². The number of rotatable bonds is 8. The van der Waals surface area contributed by atoms with Gasteiger partial charge in [-0.05, 0) is 37.9 Å². The van der Waals surface area contributed by atoms with E-state index in [0.717, 1.165) is 0 Å². The first-order valence-corrected chi connectivity index (χ1v) is 10.1. The first kappa shape index (κ1) is 23.7. The molecule has 174 valence electrons. The number of nitrogens with zero attached hydrogens (tertiary/aromatic N) is 3. The molecule has 1 amide bonds. The van der Waals surface area contributed by atoms with Gasteiger partial charge in [-0.3, -0.25) is 19.7 Å². The average Bonchev–Trinajstić information content (AvgIpc) is 3.06. The molecular formula is C23H25N3O7. The molecule has 3 rings (SSSR count). The van der Waals surface area contributed by atoms with Gasteiger partial charge in [0.05, 0.1) is 30.8 Å². The minimum atomic E-state index is -0.988. The molecule has 0 radical (unpaired) electrons. The smallest absolute Gasteiger partial charge is 0.295 e. The van der Waals surface area contributed by atoms with Gasteiger partial charge in [-0.1, -0.05) is 12.1 Å². The fraction of sp³-hybridized carbons (Fsp3) is 0.304. The summed E-state index contributed by atoms with van der Waals surface area (Å²) in [6.07, 6.45) is 0. The molecule has 0 bridgehead atoms. The van der Waals surface area contributed by atoms with Crippen molar-refractivity contribution < 1.29 is 29.1 Å². The number of non-ortho nitro benzene ring substituents is 1. The Kier molecular flexibility index (Phi) is 6.98. The van der Waals surface area contributed by atoms with Crippen molar-refractivity contribution >= 4 is 23.1 Å². The maximum atomic E-state index is 13.0. The van der Waals surface area contributed by atoms with Crippen molar-refractivity contribution in [3.05, 3.63) is 69.3 Å². The highest BCUT2D eigenvalue weighted by Gasteiger charge is 2.46. The molecule has 1 aliphatic heterocycles. The number of amides is 1. The van der Waals surface area contributed by atoms with E-state index in [1.807, 2.05) is 19.0 Å². The quantitative estimate of drug-likeness (QED) is 0.212. The molecule has 2 aromatic rings. The van der Waals surface area contributed by atoms with Crippen LogP contribution in [0, 0.1) is 10.1 Å². The van der Waals surface area contributed by atoms with Crippen LogP contribution < -0.4 is 9.47 Å². The number of carbonyl (C=O) groups excluding carboxylic acids is 2. The van der Waals surface area contributed by atoms with E-state index < -0.39 is 28.4 Å². The summed E-state index contributed by atoms with van der Waals surface area (Å²) in [4.78, 5) is 39.9. The zero-order valence-electron chi connectivity index (χ0n) is 18.8. The van der Waals surface area contributed by atoms with Crippen LogP contribution in [-0.2, 0) is 9.59 Å². The van der Waals surface area contributed by atoms with Crippen LogP contribution in [-0.4, -0.2) is 72.9 Å². The Morgan fingerprint density at radius 3 is 2.42 bits per heavy atom. The number of methoxy groups -OCH3 is 2. The van der Waals surface area contributed by atoms with Crippen molar-refractivity contribution in [3.63, 3.8) is 0 Å². The number of hydrogen-bond acceptors (Lipinski definition) is 8. The minimum Gasteiger partial charge on any atom is -0.507 e. The lowest BCUT2D eigenvalue weighted by molar-refractivity contribution is -0.384. The average molecular weight is 455 g/mol. The molecule has 2 aromatic carbocycles. The van der Waals surface area contributed by atoms with Crippen molar-refractivity contribution in [3.8, 4) is 11.5 Å². The van der Waals surface area contributed by atoms with E-state index in [2.05, 4.69) is 0 Å². The van der Waals surface area contributed by atoms with Gasteiger partial charge in [0.25, 0.3) is 17.4 Å². The number of carbonyl (C=O) groups is 2. The van der Waals surface area contributed by atoms with Gasteiger partial charge >= 0.3 is 0 Å². The van der Waals surface area contributed by atoms with E-state index in [-0.39, 0.29) is 23.4 Å². The summed E-state index contributed by atoms with van der Waals surface area (Å²) in [5.41, 5.74) is 0.265. The number of aliphatic hydroxyl groups excluding tert-OH is 1. The number of Topliss-reactive ketones (excluding diaryl/α,β-unsaturated/α-hetero) is 1. The van der Waals surface area contributed by atoms with Crippen molar-refractivity contribution in [2.75, 3.05) is 41.4 Å². The van der Waals surface area contributed by atoms with Gasteiger partial charge in [0.2, 0.25) is 0 Å². The zero-order chi connectivity index (χ0) is 24.3. The molecule has 0 spiro atoms. The third kappa shape index (κ3) is 4.65. The molecule has 0 aromatic heterocycles. The topological polar surface area (TPSA) is 122 Å². The molecule has 10 heteroatoms. The van der Waals surface area contributed by atoms with Crippen LogP contribution in [0.15, 0.2) is 48.0 Å². The van der Waals surface area contributed by atoms with Crippen molar-refractivity contribution in [2.45, 2.75) is 6.04 Å². The summed E-state index contributed by atoms with van der Waals surface area (Å²) in [6.45, 7) is 0.641. The molecular weight excluding hydrogens is 430 g/mol. The van der Waals surface area contributed by atoms with E-state index in [4.69, 9.17) is 9.47 Å². The van der Waals surface area contributed by atoms with Gasteiger partial charge in [0.15, 0.2) is 11.5 Å². The number of aliphatic hydroxyl groups is 1. The predicted molar refractivity (Wildman–Crippen MR) is 120 cm³/mol. The summed E-state index contributed by atoms with van der Waals surface area (Å²) in [5, 5.41) is 22.5. The molecule has 0 saturated carbocycles. The van der Waals surface area contributed by atoms with E-state index in [0.29, 0.717) is 23.6 Å². The number of likely N-dealkylation sites (tertiary alicyclic amines) is 1. The molecule has 0 aliphatic carbocycles. The molecule has 1 N–H and O–H groups in total. The monoisotopic (exact) mass is 455 g/mol. The number of hydrogen-bond donors (Lipinski definition) is 1. The molecule has 10 nitrogen and oxygen atoms in total. The molecule has 1 fully saturated rings. The van der Waals surface area contributed by atoms with Crippen LogP contribution in [0.25, 0.3) is 5.76 Å². The van der Waals surface area contributed by atoms with Crippen LogP contribution >= 0.6 is 0 Å². The van der Waals surface area contributed by atoms with Crippen molar-refractivity contribution in [1.29, 1.82) is 0 Å². The molecule has 0 unspecified atom stereocenters. The number of nitro benzene ring substituents is 1. The third-order valence-corrected chi connectivity index (χ3v) is 5.38. The summed E-state index contributed by atoms with van der Waals surface area (Å²) >= 11 is 0. The van der Waals surface area contributed by atoms with Gasteiger partial charge < -0.3 is 24.4 Å². The van der Waals surface area contributed by atoms with Gasteiger partial charge in [0, 0.05) is 30.8 Å². The number of nitro groups is 1. The highest BCUT2D eigenvalue weighted by atomic mass is 16.6. The number of ether oxygens (including phenoxy) is 2. The molecule has 1 atom stereocenters. The molecule has 1 saturated heterocycles. The highest BCUT2D eigenvalue weighted by molar-refractivity contribution is 6.46. The Balaban J connectivity index is 2.20. The van der Waals surface area contributed by atoms with Crippen LogP contribution in [0.3, 0.4) is 0 Å². The second kappa shape index (κ2) is 9.70. The summed E-state index contributed by atoms with van der Waals surface area (Å²) < 4.78 is 10.5. The lowest BCUT2D eigenvalue weighted by atomic mass is 9.95. The Bertz CT molecular complexity index is 1130. The Morgan fingerprint density at radius 2 is 1.82 bits per heavy atom. The first-order valence-electron chi connectivity index (χ1n) is 10.1. The first-order chi connectivity index (χ1) is 15.7. The summed E-state index contributed by atoms with van der Waals surface area (Å²) in [7, 11) is 6.55. The maximum absolute atomic E-state index is 13.0. The van der Waals surface area contributed by atoms with Crippen molar-refractivity contribution in [1.82, 2.24) is 9.80 Å². The molecule has 1 aliphatic rings. The minimum absolute atomic E-state index is 0.147. The lowest BCUT2D eigenvalue weighted by Crippen LogP contribution is -2.35. The standard InChI is InChI=1S/C23H25N3O7/c1-24(2)10-11-25-20(14-6-5-7-16(12-14)26(30)31)19(22(28)23(25)29)21(27)15-8-9-17(32-3)18(13-15)33-4/h5-9,12-13,20,27H,10-11H2,1-4H3/t20-/m0/s1. The van der Waals surface area contributed by atoms with Crippen LogP contribution in [0.4, 0.5) is 5.69 Å². The van der Waals surface area contributed by atoms with Crippen LogP contribution in [0.5, 0.6) is 11.5 Å². The Labute approximate surface area is 190 Å². The SMILES string of the molecule is COc1ccc(C(O)=C2C(=O)C(=O)N(CCN(C)C)[C@H]2c2cccc([N+](=O)[O-])c2)cc1OC. The van der Waals surface area contributed by atoms with E-state index >= 15 is 0 Å². The third-order valence-electron chi connectivity index (χ3n) is 5.38. The fourth-order valence-electron chi connectivity index (χ4n) is 3.71. The fourth-order valence-corrected chi connectivity index (χ4v) is 3.71.